The Kier molecular flexibility index (Phi) is 3.31. The van der Waals surface area contributed by atoms with Crippen LogP contribution in [-0.2, 0) is 0 Å². The molecule has 3 N–H and O–H groups in total. The van der Waals surface area contributed by atoms with Crippen molar-refractivity contribution in [2.75, 3.05) is 0 Å². The molecule has 90 valence electrons. The molecule has 0 spiro atoms. The van der Waals surface area contributed by atoms with Crippen molar-refractivity contribution in [3.8, 4) is 0 Å². The number of hydrogen-bond donors (Lipinski definition) is 2. The third kappa shape index (κ3) is 2.71. The molecule has 0 saturated carbocycles. The van der Waals surface area contributed by atoms with Gasteiger partial charge in [0.2, 0.25) is 0 Å². The molecule has 9 heteroatoms. The zero-order chi connectivity index (χ0) is 13.2. The normalized spacial score (nSPS) is 9.76. The number of halogens is 2. The van der Waals surface area contributed by atoms with E-state index in [-0.39, 0.29) is 6.07 Å². The van der Waals surface area contributed by atoms with Crippen LogP contribution >= 0.6 is 0 Å². The van der Waals surface area contributed by atoms with Crippen LogP contribution in [0.2, 0.25) is 0 Å². The maximum Gasteiger partial charge on any atom is 0.319 e. The first-order valence-corrected chi connectivity index (χ1v) is 4.07. The zero-order valence-corrected chi connectivity index (χ0v) is 8.07. The fourth-order valence-corrected chi connectivity index (χ4v) is 1.05. The first-order chi connectivity index (χ1) is 7.82. The molecule has 0 heterocycles. The number of benzene rings is 1. The fraction of sp³-hybridized carbons (Fsp3) is 0. The molecule has 7 nitrogen and oxygen atoms in total. The number of carbonyl (C=O) groups is 2. The third-order valence-corrected chi connectivity index (χ3v) is 1.72. The maximum atomic E-state index is 12.8. The van der Waals surface area contributed by atoms with E-state index in [9.17, 15) is 28.5 Å². The number of rotatable bonds is 2. The Morgan fingerprint density at radius 1 is 1.29 bits per heavy atom. The van der Waals surface area contributed by atoms with Gasteiger partial charge in [-0.1, -0.05) is 0 Å². The van der Waals surface area contributed by atoms with Crippen LogP contribution in [0.25, 0.3) is 0 Å². The van der Waals surface area contributed by atoms with E-state index in [1.165, 1.54) is 5.32 Å². The molecule has 3 amide bonds. The molecule has 0 aliphatic heterocycles. The molecule has 0 atom stereocenters. The van der Waals surface area contributed by atoms with Crippen molar-refractivity contribution in [1.29, 1.82) is 0 Å². The van der Waals surface area contributed by atoms with Crippen molar-refractivity contribution in [2.45, 2.75) is 0 Å². The Morgan fingerprint density at radius 3 is 2.29 bits per heavy atom. The summed E-state index contributed by atoms with van der Waals surface area (Å²) < 4.78 is 25.6. The monoisotopic (exact) mass is 245 g/mol. The van der Waals surface area contributed by atoms with Gasteiger partial charge in [0.1, 0.15) is 5.56 Å². The largest absolute Gasteiger partial charge is 0.351 e. The molecule has 0 radical (unpaired) electrons. The highest BCUT2D eigenvalue weighted by Crippen LogP contribution is 2.22. The number of carbonyl (C=O) groups excluding carboxylic acids is 2. The molecule has 0 unspecified atom stereocenters. The molecule has 0 fully saturated rings. The van der Waals surface area contributed by atoms with Gasteiger partial charge in [-0.25, -0.2) is 13.6 Å². The SMILES string of the molecule is NC(=O)NC(=O)c1cc(F)c(F)cc1[N+](=O)[O-]. The Balaban J connectivity index is 3.30. The summed E-state index contributed by atoms with van der Waals surface area (Å²) >= 11 is 0. The summed E-state index contributed by atoms with van der Waals surface area (Å²) in [5.41, 5.74) is 2.85. The highest BCUT2D eigenvalue weighted by molar-refractivity contribution is 6.06. The predicted octanol–water partition coefficient (Wildman–Crippen LogP) is 0.681. The van der Waals surface area contributed by atoms with Crippen molar-refractivity contribution >= 4 is 17.6 Å². The first kappa shape index (κ1) is 12.5. The van der Waals surface area contributed by atoms with Crippen LogP contribution in [0.3, 0.4) is 0 Å². The van der Waals surface area contributed by atoms with E-state index >= 15 is 0 Å². The molecule has 1 rings (SSSR count). The number of nitrogens with two attached hydrogens (primary N) is 1. The number of urea groups is 1. The van der Waals surface area contributed by atoms with Gasteiger partial charge in [0.15, 0.2) is 11.6 Å². The number of nitrogens with one attached hydrogen (secondary N) is 1. The number of hydrogen-bond acceptors (Lipinski definition) is 4. The van der Waals surface area contributed by atoms with Crippen molar-refractivity contribution in [2.24, 2.45) is 5.73 Å². The van der Waals surface area contributed by atoms with Gasteiger partial charge in [0.25, 0.3) is 11.6 Å². The Hall–Kier alpha value is -2.58. The molecule has 0 saturated heterocycles. The second-order valence-electron chi connectivity index (χ2n) is 2.86. The highest BCUT2D eigenvalue weighted by atomic mass is 19.2. The summed E-state index contributed by atoms with van der Waals surface area (Å²) in [6.45, 7) is 0. The van der Waals surface area contributed by atoms with E-state index in [0.717, 1.165) is 0 Å². The minimum Gasteiger partial charge on any atom is -0.351 e. The fourth-order valence-electron chi connectivity index (χ4n) is 1.05. The Morgan fingerprint density at radius 2 is 1.82 bits per heavy atom. The lowest BCUT2D eigenvalue weighted by Crippen LogP contribution is -2.35. The van der Waals surface area contributed by atoms with Crippen LogP contribution in [0.5, 0.6) is 0 Å². The molecule has 0 bridgehead atoms. The zero-order valence-electron chi connectivity index (χ0n) is 8.07. The number of imide groups is 1. The van der Waals surface area contributed by atoms with Crippen LogP contribution in [0, 0.1) is 21.7 Å². The molecule has 1 aromatic rings. The summed E-state index contributed by atoms with van der Waals surface area (Å²) in [5.74, 6) is -4.22. The predicted molar refractivity (Wildman–Crippen MR) is 50.1 cm³/mol. The third-order valence-electron chi connectivity index (χ3n) is 1.72. The average Bonchev–Trinajstić information content (AvgIpc) is 2.19. The molecule has 0 aromatic heterocycles. The Bertz CT molecular complexity index is 518. The van der Waals surface area contributed by atoms with Gasteiger partial charge in [0, 0.05) is 0 Å². The van der Waals surface area contributed by atoms with Crippen LogP contribution in [0.4, 0.5) is 19.3 Å². The highest BCUT2D eigenvalue weighted by Gasteiger charge is 2.24. The number of nitro groups is 1. The number of nitro benzene ring substituents is 1. The second-order valence-corrected chi connectivity index (χ2v) is 2.86. The standard InChI is InChI=1S/C8H5F2N3O4/c9-4-1-3(7(14)12-8(11)15)6(13(16)17)2-5(4)10/h1-2H,(H3,11,12,14,15). The van der Waals surface area contributed by atoms with Gasteiger partial charge in [-0.3, -0.25) is 20.2 Å². The van der Waals surface area contributed by atoms with Crippen molar-refractivity contribution in [3.63, 3.8) is 0 Å². The van der Waals surface area contributed by atoms with Gasteiger partial charge in [0.05, 0.1) is 11.0 Å². The second kappa shape index (κ2) is 4.51. The maximum absolute atomic E-state index is 12.8. The minimum atomic E-state index is -1.48. The van der Waals surface area contributed by atoms with E-state index in [1.807, 2.05) is 0 Å². The summed E-state index contributed by atoms with van der Waals surface area (Å²) in [5, 5.41) is 12.0. The van der Waals surface area contributed by atoms with Crippen LogP contribution in [-0.4, -0.2) is 16.9 Å². The van der Waals surface area contributed by atoms with Crippen LogP contribution in [0.1, 0.15) is 10.4 Å². The molecule has 1 aromatic carbocycles. The smallest absolute Gasteiger partial charge is 0.319 e. The molecular weight excluding hydrogens is 240 g/mol. The number of amides is 3. The van der Waals surface area contributed by atoms with E-state index in [1.54, 1.807) is 0 Å². The average molecular weight is 245 g/mol. The Labute approximate surface area is 92.4 Å². The summed E-state index contributed by atoms with van der Waals surface area (Å²) in [6.07, 6.45) is 0. The van der Waals surface area contributed by atoms with Gasteiger partial charge in [-0.05, 0) is 6.07 Å². The van der Waals surface area contributed by atoms with Gasteiger partial charge >= 0.3 is 6.03 Å². The lowest BCUT2D eigenvalue weighted by molar-refractivity contribution is -0.385. The van der Waals surface area contributed by atoms with Crippen LogP contribution in [0.15, 0.2) is 12.1 Å². The first-order valence-electron chi connectivity index (χ1n) is 4.07. The van der Waals surface area contributed by atoms with E-state index < -0.39 is 39.7 Å². The van der Waals surface area contributed by atoms with Crippen molar-refractivity contribution in [1.82, 2.24) is 5.32 Å². The molecule has 0 aliphatic rings. The van der Waals surface area contributed by atoms with Gasteiger partial charge < -0.3 is 5.73 Å². The van der Waals surface area contributed by atoms with Gasteiger partial charge in [-0.15, -0.1) is 0 Å². The lowest BCUT2D eigenvalue weighted by atomic mass is 10.1. The summed E-state index contributed by atoms with van der Waals surface area (Å²) in [4.78, 5) is 31.0. The molecule has 17 heavy (non-hydrogen) atoms. The summed E-state index contributed by atoms with van der Waals surface area (Å²) in [6, 6.07) is -0.717. The molecular formula is C8H5F2N3O4. The van der Waals surface area contributed by atoms with Crippen LogP contribution < -0.4 is 11.1 Å². The summed E-state index contributed by atoms with van der Waals surface area (Å²) in [7, 11) is 0. The topological polar surface area (TPSA) is 115 Å². The van der Waals surface area contributed by atoms with Crippen molar-refractivity contribution in [3.05, 3.63) is 39.4 Å². The molecule has 0 aliphatic carbocycles. The van der Waals surface area contributed by atoms with Gasteiger partial charge in [-0.2, -0.15) is 0 Å². The van der Waals surface area contributed by atoms with E-state index in [2.05, 4.69) is 5.73 Å². The van der Waals surface area contributed by atoms with E-state index in [0.29, 0.717) is 6.07 Å². The quantitative estimate of drug-likeness (QED) is 0.588. The van der Waals surface area contributed by atoms with E-state index in [4.69, 9.17) is 0 Å². The number of nitrogens with zero attached hydrogens (tertiary/aromatic N) is 1. The lowest BCUT2D eigenvalue weighted by Gasteiger charge is -2.03. The minimum absolute atomic E-state index is 0.241. The van der Waals surface area contributed by atoms with Crippen molar-refractivity contribution < 1.29 is 23.3 Å². The number of primary amides is 1.